The first-order valence-corrected chi connectivity index (χ1v) is 17.7. The highest BCUT2D eigenvalue weighted by Gasteiger charge is 2.44. The van der Waals surface area contributed by atoms with E-state index in [0.29, 0.717) is 31.9 Å². The Morgan fingerprint density at radius 2 is 2.00 bits per heavy atom. The number of aliphatic hydroxyl groups is 1. The van der Waals surface area contributed by atoms with E-state index in [9.17, 15) is 18.3 Å². The highest BCUT2D eigenvalue weighted by molar-refractivity contribution is 7.90. The van der Waals surface area contributed by atoms with Crippen molar-refractivity contribution in [3.05, 3.63) is 70.3 Å². The molecule has 2 aromatic rings. The number of fused-ring (bicyclic) bond motifs is 4. The molecule has 10 heteroatoms. The van der Waals surface area contributed by atoms with E-state index in [2.05, 4.69) is 21.8 Å². The maximum atomic E-state index is 13.6. The molecule has 44 heavy (non-hydrogen) atoms. The number of rotatable bonds is 2. The lowest BCUT2D eigenvalue weighted by Crippen LogP contribution is -2.49. The Kier molecular flexibility index (Phi) is 8.78. The fourth-order valence-corrected chi connectivity index (χ4v) is 9.96. The zero-order chi connectivity index (χ0) is 31.2. The van der Waals surface area contributed by atoms with Gasteiger partial charge in [0.2, 0.25) is 10.0 Å². The van der Waals surface area contributed by atoms with Gasteiger partial charge in [0.05, 0.1) is 24.5 Å². The normalized spacial score (nSPS) is 32.5. The number of anilines is 1. The summed E-state index contributed by atoms with van der Waals surface area (Å²) in [4.78, 5) is 15.9. The zero-order valence-electron chi connectivity index (χ0n) is 25.7. The van der Waals surface area contributed by atoms with E-state index < -0.39 is 33.4 Å². The predicted octanol–water partition coefficient (Wildman–Crippen LogP) is 5.26. The molecule has 238 valence electrons. The second-order valence-corrected chi connectivity index (χ2v) is 15.7. The van der Waals surface area contributed by atoms with Crippen molar-refractivity contribution in [2.24, 2.45) is 17.8 Å². The van der Waals surface area contributed by atoms with Gasteiger partial charge in [0.15, 0.2) is 0 Å². The highest BCUT2D eigenvalue weighted by atomic mass is 35.5. The molecule has 0 radical (unpaired) electrons. The third-order valence-corrected chi connectivity index (χ3v) is 12.6. The lowest BCUT2D eigenvalue weighted by molar-refractivity contribution is 0.0450. The second-order valence-electron chi connectivity index (χ2n) is 13.4. The summed E-state index contributed by atoms with van der Waals surface area (Å²) in [6.45, 7) is 5.47. The van der Waals surface area contributed by atoms with Gasteiger partial charge in [-0.15, -0.1) is 0 Å². The molecule has 2 aliphatic carbocycles. The van der Waals surface area contributed by atoms with Crippen molar-refractivity contribution in [3.63, 3.8) is 0 Å². The van der Waals surface area contributed by atoms with Crippen molar-refractivity contribution in [2.45, 2.75) is 75.2 Å². The molecule has 2 aromatic carbocycles. The SMILES string of the molecule is CO[C@H]1C/C=C/[C@H](O)[C@@H]2CC[C@H]2CN2C[C@@]3(CCCc4cc(Cl)ccc43)COc3ccc(cc32)C(=O)NS(=O)(=O)[C@H]1C(C)C. The first kappa shape index (κ1) is 31.4. The van der Waals surface area contributed by atoms with Gasteiger partial charge in [-0.05, 0) is 97.7 Å². The minimum atomic E-state index is -4.11. The van der Waals surface area contributed by atoms with Crippen LogP contribution in [0.25, 0.3) is 0 Å². The number of amides is 1. The average Bonchev–Trinajstić information content (AvgIpc) is 3.10. The van der Waals surface area contributed by atoms with Gasteiger partial charge in [0, 0.05) is 36.2 Å². The maximum absolute atomic E-state index is 13.6. The van der Waals surface area contributed by atoms with E-state index in [1.807, 2.05) is 12.1 Å². The third kappa shape index (κ3) is 5.88. The van der Waals surface area contributed by atoms with Crippen LogP contribution in [0, 0.1) is 17.8 Å². The van der Waals surface area contributed by atoms with Gasteiger partial charge in [-0.3, -0.25) is 4.79 Å². The monoisotopic (exact) mass is 642 g/mol. The van der Waals surface area contributed by atoms with E-state index in [1.165, 1.54) is 18.2 Å². The molecule has 2 N–H and O–H groups in total. The summed E-state index contributed by atoms with van der Waals surface area (Å²) in [5.41, 5.74) is 3.24. The number of hydrogen-bond donors (Lipinski definition) is 2. The molecule has 4 aliphatic rings. The molecule has 1 saturated carbocycles. The Balaban J connectivity index is 1.43. The number of aliphatic hydroxyl groups excluding tert-OH is 1. The smallest absolute Gasteiger partial charge is 0.264 e. The quantitative estimate of drug-likeness (QED) is 0.431. The molecule has 2 bridgehead atoms. The number of nitrogens with one attached hydrogen (secondary N) is 1. The minimum Gasteiger partial charge on any atom is -0.490 e. The lowest BCUT2D eigenvalue weighted by atomic mass is 9.68. The van der Waals surface area contributed by atoms with Gasteiger partial charge < -0.3 is 19.5 Å². The number of ether oxygens (including phenoxy) is 2. The van der Waals surface area contributed by atoms with Crippen LogP contribution < -0.4 is 14.4 Å². The fourth-order valence-electron chi connectivity index (χ4n) is 7.91. The van der Waals surface area contributed by atoms with E-state index in [4.69, 9.17) is 21.1 Å². The first-order chi connectivity index (χ1) is 21.0. The van der Waals surface area contributed by atoms with Crippen molar-refractivity contribution < 1.29 is 27.8 Å². The molecule has 6 atom stereocenters. The van der Waals surface area contributed by atoms with Crippen molar-refractivity contribution in [1.29, 1.82) is 0 Å². The van der Waals surface area contributed by atoms with Crippen LogP contribution in [0.2, 0.25) is 5.02 Å². The molecule has 8 nitrogen and oxygen atoms in total. The highest BCUT2D eigenvalue weighted by Crippen LogP contribution is 2.46. The van der Waals surface area contributed by atoms with Crippen LogP contribution >= 0.6 is 11.6 Å². The number of benzene rings is 2. The van der Waals surface area contributed by atoms with E-state index in [1.54, 1.807) is 38.1 Å². The van der Waals surface area contributed by atoms with Gasteiger partial charge in [0.25, 0.3) is 5.91 Å². The number of carbonyl (C=O) groups excluding carboxylic acids is 1. The predicted molar refractivity (Wildman–Crippen MR) is 172 cm³/mol. The van der Waals surface area contributed by atoms with Crippen LogP contribution in [0.4, 0.5) is 5.69 Å². The summed E-state index contributed by atoms with van der Waals surface area (Å²) in [6, 6.07) is 11.3. The maximum Gasteiger partial charge on any atom is 0.264 e. The summed E-state index contributed by atoms with van der Waals surface area (Å²) in [7, 11) is -2.63. The van der Waals surface area contributed by atoms with Crippen LogP contribution in [0.3, 0.4) is 0 Å². The Morgan fingerprint density at radius 1 is 1.18 bits per heavy atom. The second kappa shape index (κ2) is 12.3. The molecule has 1 fully saturated rings. The van der Waals surface area contributed by atoms with Crippen molar-refractivity contribution in [1.82, 2.24) is 4.72 Å². The van der Waals surface area contributed by atoms with Crippen LogP contribution in [-0.4, -0.2) is 63.7 Å². The standard InChI is InChI=1S/C34H43ClN2O6S/c1-21(2)32-31(42-3)8-4-7-29(38)26-12-9-24(26)18-37-19-34(15-5-6-22-16-25(35)11-13-27(22)34)20-43-30-14-10-23(17-28(30)37)33(39)36-44(32,40)41/h4,7,10-11,13-14,16-17,21,24,26,29,31-32,38H,5-6,8-9,12,15,18-20H2,1-3H3,(H,36,39)/b7-4+/t24-,26+,29-,31-,32-,34-/m0/s1. The molecule has 0 unspecified atom stereocenters. The Bertz CT molecular complexity index is 1540. The minimum absolute atomic E-state index is 0.0808. The van der Waals surface area contributed by atoms with E-state index in [-0.39, 0.29) is 28.7 Å². The number of methoxy groups -OCH3 is 1. The van der Waals surface area contributed by atoms with Crippen LogP contribution in [-0.2, 0) is 26.6 Å². The molecular weight excluding hydrogens is 600 g/mol. The number of nitrogens with zero attached hydrogens (tertiary/aromatic N) is 1. The van der Waals surface area contributed by atoms with Crippen molar-refractivity contribution in [2.75, 3.05) is 31.7 Å². The first-order valence-electron chi connectivity index (χ1n) is 15.8. The van der Waals surface area contributed by atoms with Gasteiger partial charge in [0.1, 0.15) is 11.0 Å². The molecule has 0 saturated heterocycles. The molecule has 6 rings (SSSR count). The number of hydrogen-bond acceptors (Lipinski definition) is 7. The average molecular weight is 643 g/mol. The molecule has 1 spiro atoms. The Morgan fingerprint density at radius 3 is 2.73 bits per heavy atom. The van der Waals surface area contributed by atoms with Crippen LogP contribution in [0.1, 0.15) is 67.4 Å². The van der Waals surface area contributed by atoms with Gasteiger partial charge >= 0.3 is 0 Å². The molecule has 0 aromatic heterocycles. The van der Waals surface area contributed by atoms with E-state index in [0.717, 1.165) is 42.8 Å². The van der Waals surface area contributed by atoms with E-state index >= 15 is 0 Å². The molecule has 2 aliphatic heterocycles. The largest absolute Gasteiger partial charge is 0.490 e. The molecular formula is C34H43ClN2O6S. The van der Waals surface area contributed by atoms with Gasteiger partial charge in [-0.25, -0.2) is 13.1 Å². The van der Waals surface area contributed by atoms with Crippen molar-refractivity contribution in [3.8, 4) is 5.75 Å². The topological polar surface area (TPSA) is 105 Å². The summed E-state index contributed by atoms with van der Waals surface area (Å²) < 4.78 is 41.8. The summed E-state index contributed by atoms with van der Waals surface area (Å²) in [5, 5.41) is 11.0. The third-order valence-electron chi connectivity index (χ3n) is 10.3. The summed E-state index contributed by atoms with van der Waals surface area (Å²) in [5.74, 6) is -0.00166. The Hall–Kier alpha value is -2.59. The number of aryl methyl sites for hydroxylation is 1. The van der Waals surface area contributed by atoms with Crippen LogP contribution in [0.15, 0.2) is 48.6 Å². The zero-order valence-corrected chi connectivity index (χ0v) is 27.2. The number of halogens is 1. The molecule has 2 heterocycles. The number of sulfonamides is 1. The van der Waals surface area contributed by atoms with Crippen LogP contribution in [0.5, 0.6) is 5.75 Å². The molecule has 1 amide bonds. The van der Waals surface area contributed by atoms with Crippen molar-refractivity contribution >= 4 is 33.2 Å². The summed E-state index contributed by atoms with van der Waals surface area (Å²) in [6.07, 6.45) is 7.43. The van der Waals surface area contributed by atoms with Gasteiger partial charge in [-0.1, -0.05) is 43.7 Å². The fraction of sp³-hybridized carbons (Fsp3) is 0.559. The lowest BCUT2D eigenvalue weighted by Gasteiger charge is -2.45. The summed E-state index contributed by atoms with van der Waals surface area (Å²) >= 11 is 6.40. The number of carbonyl (C=O) groups is 1. The van der Waals surface area contributed by atoms with Gasteiger partial charge in [-0.2, -0.15) is 0 Å². The Labute approximate surface area is 265 Å².